The molecule has 0 radical (unpaired) electrons. The Morgan fingerprint density at radius 2 is 1.84 bits per heavy atom. The predicted octanol–water partition coefficient (Wildman–Crippen LogP) is 1.89. The molecule has 2 aromatic carbocycles. The number of fused-ring (bicyclic) bond motifs is 1. The number of nitrogens with two attached hydrogens (primary N) is 1. The molecule has 0 saturated carbocycles. The summed E-state index contributed by atoms with van der Waals surface area (Å²) in [6.45, 7) is 0. The van der Waals surface area contributed by atoms with Crippen molar-refractivity contribution < 1.29 is 14.3 Å². The fraction of sp³-hybridized carbons (Fsp3) is 0.0556. The minimum Gasteiger partial charge on any atom is -0.495 e. The van der Waals surface area contributed by atoms with Crippen molar-refractivity contribution in [3.8, 4) is 5.75 Å². The second kappa shape index (κ2) is 6.48. The third-order valence-corrected chi connectivity index (χ3v) is 3.78. The van der Waals surface area contributed by atoms with Gasteiger partial charge in [0.2, 0.25) is 5.43 Å². The lowest BCUT2D eigenvalue weighted by Crippen LogP contribution is -2.23. The van der Waals surface area contributed by atoms with Crippen LogP contribution in [0.2, 0.25) is 0 Å². The van der Waals surface area contributed by atoms with E-state index in [1.54, 1.807) is 30.3 Å². The van der Waals surface area contributed by atoms with Crippen LogP contribution in [0.3, 0.4) is 0 Å². The van der Waals surface area contributed by atoms with Crippen LogP contribution in [0.4, 0.5) is 5.69 Å². The number of hydrogen-bond donors (Lipinski definition) is 3. The standard InChI is InChI=1S/C18H15N3O4/c1-25-14-8-4-6-11-15(14)20-9-12(16(11)22)18(24)21-13-7-3-2-5-10(13)17(19)23/h2-9H,1H3,(H2,19,23)(H,20,22)(H,21,24). The van der Waals surface area contributed by atoms with Crippen molar-refractivity contribution in [1.29, 1.82) is 0 Å². The summed E-state index contributed by atoms with van der Waals surface area (Å²) in [5, 5.41) is 2.88. The smallest absolute Gasteiger partial charge is 0.261 e. The lowest BCUT2D eigenvalue weighted by Gasteiger charge is -2.10. The average Bonchev–Trinajstić information content (AvgIpc) is 2.61. The van der Waals surface area contributed by atoms with Crippen molar-refractivity contribution in [1.82, 2.24) is 4.98 Å². The summed E-state index contributed by atoms with van der Waals surface area (Å²) in [6.07, 6.45) is 1.31. The number of benzene rings is 2. The van der Waals surface area contributed by atoms with E-state index in [0.29, 0.717) is 16.7 Å². The number of carbonyl (C=O) groups is 2. The first-order chi connectivity index (χ1) is 12.0. The van der Waals surface area contributed by atoms with E-state index in [9.17, 15) is 14.4 Å². The van der Waals surface area contributed by atoms with Crippen molar-refractivity contribution in [3.63, 3.8) is 0 Å². The zero-order valence-electron chi connectivity index (χ0n) is 13.3. The Bertz CT molecular complexity index is 1040. The highest BCUT2D eigenvalue weighted by molar-refractivity contribution is 6.09. The summed E-state index contributed by atoms with van der Waals surface area (Å²) < 4.78 is 5.20. The minimum absolute atomic E-state index is 0.0833. The number of hydrogen-bond acceptors (Lipinski definition) is 4. The Hall–Kier alpha value is -3.61. The van der Waals surface area contributed by atoms with Crippen molar-refractivity contribution in [2.24, 2.45) is 5.73 Å². The lowest BCUT2D eigenvalue weighted by molar-refractivity contribution is 0.100. The molecule has 4 N–H and O–H groups in total. The maximum atomic E-state index is 12.6. The monoisotopic (exact) mass is 337 g/mol. The molecule has 0 aliphatic carbocycles. The van der Waals surface area contributed by atoms with Gasteiger partial charge in [0.05, 0.1) is 29.3 Å². The predicted molar refractivity (Wildman–Crippen MR) is 94.0 cm³/mol. The summed E-state index contributed by atoms with van der Waals surface area (Å²) in [5.41, 5.74) is 5.67. The first-order valence-electron chi connectivity index (χ1n) is 7.41. The normalized spacial score (nSPS) is 10.4. The number of carbonyl (C=O) groups excluding carboxylic acids is 2. The van der Waals surface area contributed by atoms with Gasteiger partial charge >= 0.3 is 0 Å². The quantitative estimate of drug-likeness (QED) is 0.674. The molecule has 0 spiro atoms. The highest BCUT2D eigenvalue weighted by Crippen LogP contribution is 2.21. The maximum absolute atomic E-state index is 12.6. The van der Waals surface area contributed by atoms with Gasteiger partial charge in [0, 0.05) is 6.20 Å². The largest absolute Gasteiger partial charge is 0.495 e. The van der Waals surface area contributed by atoms with Crippen LogP contribution in [-0.2, 0) is 0 Å². The molecule has 0 saturated heterocycles. The van der Waals surface area contributed by atoms with Gasteiger partial charge in [0.1, 0.15) is 11.3 Å². The zero-order valence-corrected chi connectivity index (χ0v) is 13.3. The van der Waals surface area contributed by atoms with Crippen molar-refractivity contribution in [2.45, 2.75) is 0 Å². The molecule has 0 unspecified atom stereocenters. The second-order valence-electron chi connectivity index (χ2n) is 5.28. The molecular formula is C18H15N3O4. The lowest BCUT2D eigenvalue weighted by atomic mass is 10.1. The van der Waals surface area contributed by atoms with Crippen LogP contribution in [0, 0.1) is 0 Å². The van der Waals surface area contributed by atoms with E-state index >= 15 is 0 Å². The van der Waals surface area contributed by atoms with E-state index in [1.807, 2.05) is 0 Å². The van der Waals surface area contributed by atoms with E-state index in [4.69, 9.17) is 10.5 Å². The Labute approximate surface area is 142 Å². The van der Waals surface area contributed by atoms with Gasteiger partial charge < -0.3 is 20.8 Å². The molecule has 1 heterocycles. The van der Waals surface area contributed by atoms with Crippen LogP contribution in [0.25, 0.3) is 10.9 Å². The van der Waals surface area contributed by atoms with Crippen LogP contribution in [0.15, 0.2) is 53.5 Å². The van der Waals surface area contributed by atoms with Crippen molar-refractivity contribution >= 4 is 28.4 Å². The number of primary amides is 1. The SMILES string of the molecule is COc1cccc2c(=O)c(C(=O)Nc3ccccc3C(N)=O)c[nH]c12. The molecule has 3 aromatic rings. The van der Waals surface area contributed by atoms with Crippen LogP contribution in [0.1, 0.15) is 20.7 Å². The summed E-state index contributed by atoms with van der Waals surface area (Å²) >= 11 is 0. The number of ether oxygens (including phenoxy) is 1. The third-order valence-electron chi connectivity index (χ3n) is 3.78. The summed E-state index contributed by atoms with van der Waals surface area (Å²) in [4.78, 5) is 39.5. The molecule has 0 atom stereocenters. The number of anilines is 1. The van der Waals surface area contributed by atoms with Gasteiger partial charge in [-0.25, -0.2) is 0 Å². The first-order valence-corrected chi connectivity index (χ1v) is 7.41. The molecule has 25 heavy (non-hydrogen) atoms. The molecule has 0 bridgehead atoms. The number of pyridine rings is 1. The van der Waals surface area contributed by atoms with Gasteiger partial charge in [-0.15, -0.1) is 0 Å². The first kappa shape index (κ1) is 16.3. The molecule has 126 valence electrons. The van der Waals surface area contributed by atoms with Crippen molar-refractivity contribution in [3.05, 3.63) is 70.0 Å². The fourth-order valence-electron chi connectivity index (χ4n) is 2.56. The molecule has 7 nitrogen and oxygen atoms in total. The Balaban J connectivity index is 2.03. The number of nitrogens with one attached hydrogen (secondary N) is 2. The molecule has 0 fully saturated rings. The third kappa shape index (κ3) is 2.94. The Morgan fingerprint density at radius 3 is 2.56 bits per heavy atom. The number of rotatable bonds is 4. The fourth-order valence-corrected chi connectivity index (χ4v) is 2.56. The van der Waals surface area contributed by atoms with E-state index in [-0.39, 0.29) is 16.8 Å². The number of amides is 2. The maximum Gasteiger partial charge on any atom is 0.261 e. The number of aromatic amines is 1. The Kier molecular flexibility index (Phi) is 4.21. The molecule has 7 heteroatoms. The number of methoxy groups -OCH3 is 1. The van der Waals surface area contributed by atoms with E-state index < -0.39 is 17.2 Å². The zero-order chi connectivity index (χ0) is 18.0. The number of para-hydroxylation sites is 2. The van der Waals surface area contributed by atoms with E-state index in [2.05, 4.69) is 10.3 Å². The summed E-state index contributed by atoms with van der Waals surface area (Å²) in [5.74, 6) is -0.812. The van der Waals surface area contributed by atoms with Gasteiger partial charge in [-0.1, -0.05) is 18.2 Å². The molecular weight excluding hydrogens is 322 g/mol. The molecule has 1 aromatic heterocycles. The minimum atomic E-state index is -0.673. The van der Waals surface area contributed by atoms with Crippen LogP contribution in [-0.4, -0.2) is 23.9 Å². The van der Waals surface area contributed by atoms with Gasteiger partial charge in [0.15, 0.2) is 0 Å². The molecule has 0 aliphatic rings. The highest BCUT2D eigenvalue weighted by atomic mass is 16.5. The number of aromatic nitrogens is 1. The summed E-state index contributed by atoms with van der Waals surface area (Å²) in [6, 6.07) is 11.3. The molecule has 2 amide bonds. The van der Waals surface area contributed by atoms with Crippen molar-refractivity contribution in [2.75, 3.05) is 12.4 Å². The molecule has 3 rings (SSSR count). The number of H-pyrrole nitrogens is 1. The van der Waals surface area contributed by atoms with E-state index in [0.717, 1.165) is 0 Å². The topological polar surface area (TPSA) is 114 Å². The average molecular weight is 337 g/mol. The van der Waals surface area contributed by atoms with Gasteiger partial charge in [0.25, 0.3) is 11.8 Å². The van der Waals surface area contributed by atoms with Gasteiger partial charge in [-0.2, -0.15) is 0 Å². The van der Waals surface area contributed by atoms with Gasteiger partial charge in [-0.05, 0) is 24.3 Å². The highest BCUT2D eigenvalue weighted by Gasteiger charge is 2.17. The van der Waals surface area contributed by atoms with Gasteiger partial charge in [-0.3, -0.25) is 14.4 Å². The van der Waals surface area contributed by atoms with Crippen LogP contribution in [0.5, 0.6) is 5.75 Å². The summed E-state index contributed by atoms with van der Waals surface area (Å²) in [7, 11) is 1.49. The second-order valence-corrected chi connectivity index (χ2v) is 5.28. The molecule has 0 aliphatic heterocycles. The van der Waals surface area contributed by atoms with E-state index in [1.165, 1.54) is 25.4 Å². The van der Waals surface area contributed by atoms with Crippen LogP contribution < -0.4 is 21.2 Å². The Morgan fingerprint density at radius 1 is 1.08 bits per heavy atom. The van der Waals surface area contributed by atoms with Crippen LogP contribution >= 0.6 is 0 Å².